The van der Waals surface area contributed by atoms with Crippen molar-refractivity contribution in [2.24, 2.45) is 0 Å². The van der Waals surface area contributed by atoms with Gasteiger partial charge in [0.15, 0.2) is 5.78 Å². The van der Waals surface area contributed by atoms with Gasteiger partial charge in [0.05, 0.1) is 0 Å². The van der Waals surface area contributed by atoms with Crippen molar-refractivity contribution < 1.29 is 9.90 Å². The van der Waals surface area contributed by atoms with Crippen molar-refractivity contribution in [1.82, 2.24) is 0 Å². The number of carbonyl (C=O) groups excluding carboxylic acids is 1. The smallest absolute Gasteiger partial charge is 0.184 e. The third kappa shape index (κ3) is 2.47. The van der Waals surface area contributed by atoms with Gasteiger partial charge in [0, 0.05) is 7.11 Å². The second-order valence-electron chi connectivity index (χ2n) is 2.56. The van der Waals surface area contributed by atoms with Crippen LogP contribution in [0.1, 0.15) is 13.8 Å². The first-order valence-electron chi connectivity index (χ1n) is 3.66. The van der Waals surface area contributed by atoms with Crippen LogP contribution in [0.4, 0.5) is 0 Å². The van der Waals surface area contributed by atoms with E-state index in [2.05, 4.69) is 6.58 Å². The third-order valence-corrected chi connectivity index (χ3v) is 1.52. The lowest BCUT2D eigenvalue weighted by Crippen LogP contribution is -2.05. The molecule has 1 N–H and O–H groups in total. The molecule has 0 fully saturated rings. The number of aliphatic hydroxyl groups excluding tert-OH is 1. The predicted octanol–water partition coefficient (Wildman–Crippen LogP) is 1.63. The maximum Gasteiger partial charge on any atom is 0.184 e. The molecule has 1 aliphatic carbocycles. The summed E-state index contributed by atoms with van der Waals surface area (Å²) in [6, 6.07) is 0. The van der Waals surface area contributed by atoms with E-state index in [1.54, 1.807) is 12.2 Å². The van der Waals surface area contributed by atoms with E-state index < -0.39 is 0 Å². The van der Waals surface area contributed by atoms with Crippen molar-refractivity contribution in [1.29, 1.82) is 0 Å². The number of ketones is 1. The molecule has 0 unspecified atom stereocenters. The lowest BCUT2D eigenvalue weighted by Gasteiger charge is -2.07. The van der Waals surface area contributed by atoms with Crippen molar-refractivity contribution in [3.05, 3.63) is 35.5 Å². The van der Waals surface area contributed by atoms with Gasteiger partial charge in [-0.1, -0.05) is 6.58 Å². The Morgan fingerprint density at radius 3 is 1.83 bits per heavy atom. The van der Waals surface area contributed by atoms with Crippen LogP contribution in [0.15, 0.2) is 35.5 Å². The number of carbonyl (C=O) groups is 1. The highest BCUT2D eigenvalue weighted by atomic mass is 16.2. The van der Waals surface area contributed by atoms with Gasteiger partial charge in [0.2, 0.25) is 0 Å². The Bertz CT molecular complexity index is 233. The monoisotopic (exact) mass is 166 g/mol. The van der Waals surface area contributed by atoms with Crippen molar-refractivity contribution in [2.45, 2.75) is 13.8 Å². The zero-order valence-corrected chi connectivity index (χ0v) is 7.72. The lowest BCUT2D eigenvalue weighted by atomic mass is 9.97. The van der Waals surface area contributed by atoms with Gasteiger partial charge in [-0.3, -0.25) is 4.79 Å². The van der Waals surface area contributed by atoms with Crippen LogP contribution >= 0.6 is 0 Å². The summed E-state index contributed by atoms with van der Waals surface area (Å²) in [7, 11) is 1.00. The minimum absolute atomic E-state index is 0.132. The van der Waals surface area contributed by atoms with Gasteiger partial charge in [-0.15, -0.1) is 0 Å². The summed E-state index contributed by atoms with van der Waals surface area (Å²) in [6.07, 6.45) is 3.60. The summed E-state index contributed by atoms with van der Waals surface area (Å²) in [5.74, 6) is 0.132. The zero-order valence-electron chi connectivity index (χ0n) is 7.72. The number of allylic oxidation sites excluding steroid dienone is 5. The highest BCUT2D eigenvalue weighted by molar-refractivity contribution is 6.09. The van der Waals surface area contributed by atoms with Gasteiger partial charge in [0.25, 0.3) is 0 Å². The van der Waals surface area contributed by atoms with E-state index in [4.69, 9.17) is 5.11 Å². The maximum atomic E-state index is 11.1. The van der Waals surface area contributed by atoms with Crippen molar-refractivity contribution in [3.63, 3.8) is 0 Å². The van der Waals surface area contributed by atoms with Crippen LogP contribution < -0.4 is 0 Å². The second kappa shape index (κ2) is 4.67. The first kappa shape index (κ1) is 10.8. The van der Waals surface area contributed by atoms with Crippen LogP contribution in [0.25, 0.3) is 0 Å². The molecular formula is C10H14O2. The van der Waals surface area contributed by atoms with Crippen LogP contribution in [-0.2, 0) is 4.79 Å². The molecule has 2 heteroatoms. The molecule has 0 heterocycles. The Hall–Kier alpha value is -1.15. The molecule has 0 aromatic carbocycles. The van der Waals surface area contributed by atoms with Crippen molar-refractivity contribution in [3.8, 4) is 0 Å². The number of rotatable bonds is 0. The Balaban J connectivity index is 0.000000561. The van der Waals surface area contributed by atoms with E-state index in [-0.39, 0.29) is 5.78 Å². The largest absolute Gasteiger partial charge is 0.400 e. The SMILES string of the molecule is C=C1C=C(C)C(=O)C(C)=C1.CO. The molecule has 0 spiro atoms. The molecule has 0 bridgehead atoms. The fraction of sp³-hybridized carbons (Fsp3) is 0.300. The number of Topliss-reactive ketones (excluding diaryl/α,β-unsaturated/α-hetero) is 1. The van der Waals surface area contributed by atoms with E-state index in [0.717, 1.165) is 23.8 Å². The molecule has 1 aliphatic rings. The fourth-order valence-corrected chi connectivity index (χ4v) is 1.04. The summed E-state index contributed by atoms with van der Waals surface area (Å²) >= 11 is 0. The van der Waals surface area contributed by atoms with E-state index in [1.165, 1.54) is 0 Å². The summed E-state index contributed by atoms with van der Waals surface area (Å²) in [5.41, 5.74) is 2.48. The number of aliphatic hydroxyl groups is 1. The average molecular weight is 166 g/mol. The molecule has 0 atom stereocenters. The van der Waals surface area contributed by atoms with Crippen LogP contribution in [0, 0.1) is 0 Å². The minimum Gasteiger partial charge on any atom is -0.400 e. The summed E-state index contributed by atoms with van der Waals surface area (Å²) < 4.78 is 0. The third-order valence-electron chi connectivity index (χ3n) is 1.52. The molecular weight excluding hydrogens is 152 g/mol. The molecule has 0 saturated heterocycles. The lowest BCUT2D eigenvalue weighted by molar-refractivity contribution is -0.112. The molecule has 0 aliphatic heterocycles. The van der Waals surface area contributed by atoms with Gasteiger partial charge in [0.1, 0.15) is 0 Å². The molecule has 0 amide bonds. The first-order chi connectivity index (χ1) is 5.61. The highest BCUT2D eigenvalue weighted by Gasteiger charge is 2.10. The van der Waals surface area contributed by atoms with Crippen LogP contribution in [0.2, 0.25) is 0 Å². The molecule has 0 aromatic rings. The first-order valence-corrected chi connectivity index (χ1v) is 3.66. The molecule has 66 valence electrons. The zero-order chi connectivity index (χ0) is 9.72. The normalized spacial score (nSPS) is 16.0. The molecule has 1 rings (SSSR count). The summed E-state index contributed by atoms with van der Waals surface area (Å²) in [5, 5.41) is 7.00. The Labute approximate surface area is 72.9 Å². The van der Waals surface area contributed by atoms with Crippen molar-refractivity contribution in [2.75, 3.05) is 7.11 Å². The molecule has 2 nitrogen and oxygen atoms in total. The van der Waals surface area contributed by atoms with Crippen LogP contribution in [0.3, 0.4) is 0 Å². The van der Waals surface area contributed by atoms with Crippen molar-refractivity contribution >= 4 is 5.78 Å². The van der Waals surface area contributed by atoms with E-state index in [0.29, 0.717) is 0 Å². The fourth-order valence-electron chi connectivity index (χ4n) is 1.04. The summed E-state index contributed by atoms with van der Waals surface area (Å²) in [6.45, 7) is 7.36. The Morgan fingerprint density at radius 1 is 1.17 bits per heavy atom. The molecule has 0 aromatic heterocycles. The van der Waals surface area contributed by atoms with E-state index >= 15 is 0 Å². The quantitative estimate of drug-likeness (QED) is 0.593. The van der Waals surface area contributed by atoms with Crippen LogP contribution in [0.5, 0.6) is 0 Å². The molecule has 12 heavy (non-hydrogen) atoms. The molecule has 0 radical (unpaired) electrons. The van der Waals surface area contributed by atoms with Gasteiger partial charge < -0.3 is 5.11 Å². The minimum atomic E-state index is 0.132. The van der Waals surface area contributed by atoms with Crippen LogP contribution in [-0.4, -0.2) is 18.0 Å². The van der Waals surface area contributed by atoms with Gasteiger partial charge >= 0.3 is 0 Å². The average Bonchev–Trinajstić information content (AvgIpc) is 2.04. The highest BCUT2D eigenvalue weighted by Crippen LogP contribution is 2.15. The Kier molecular flexibility index (Phi) is 4.22. The van der Waals surface area contributed by atoms with Gasteiger partial charge in [-0.2, -0.15) is 0 Å². The maximum absolute atomic E-state index is 11.1. The van der Waals surface area contributed by atoms with Gasteiger partial charge in [-0.25, -0.2) is 0 Å². The number of hydrogen-bond donors (Lipinski definition) is 1. The van der Waals surface area contributed by atoms with Gasteiger partial charge in [-0.05, 0) is 42.7 Å². The molecule has 0 saturated carbocycles. The summed E-state index contributed by atoms with van der Waals surface area (Å²) in [4.78, 5) is 11.1. The number of hydrogen-bond acceptors (Lipinski definition) is 2. The Morgan fingerprint density at radius 2 is 1.50 bits per heavy atom. The van der Waals surface area contributed by atoms with E-state index in [1.807, 2.05) is 13.8 Å². The topological polar surface area (TPSA) is 37.3 Å². The predicted molar refractivity (Wildman–Crippen MR) is 49.8 cm³/mol. The van der Waals surface area contributed by atoms with E-state index in [9.17, 15) is 4.79 Å². The standard InChI is InChI=1S/C9H10O.CH4O/c1-6-4-7(2)9(10)8(3)5-6;1-2/h4-5H,1H2,2-3H3;2H,1H3. The second-order valence-corrected chi connectivity index (χ2v) is 2.56.